The highest BCUT2D eigenvalue weighted by atomic mass is 15.0. The van der Waals surface area contributed by atoms with Crippen molar-refractivity contribution in [1.29, 1.82) is 0 Å². The van der Waals surface area contributed by atoms with Crippen LogP contribution in [0.5, 0.6) is 0 Å². The summed E-state index contributed by atoms with van der Waals surface area (Å²) < 4.78 is 2.46. The molecule has 10 rings (SSSR count). The molecule has 1 aliphatic rings. The first-order valence-electron chi connectivity index (χ1n) is 17.5. The molecule has 0 N–H and O–H groups in total. The molecular weight excluding hydrogens is 603 g/mol. The number of rotatable bonds is 4. The third-order valence-electron chi connectivity index (χ3n) is 10.9. The molecule has 0 spiro atoms. The first-order valence-corrected chi connectivity index (χ1v) is 17.5. The van der Waals surface area contributed by atoms with E-state index < -0.39 is 0 Å². The molecule has 1 heteroatoms. The van der Waals surface area contributed by atoms with Crippen molar-refractivity contribution >= 4 is 32.6 Å². The maximum atomic E-state index is 2.48. The largest absolute Gasteiger partial charge is 0.309 e. The van der Waals surface area contributed by atoms with Crippen molar-refractivity contribution in [3.8, 4) is 50.2 Å². The molecule has 0 saturated carbocycles. The Labute approximate surface area is 292 Å². The van der Waals surface area contributed by atoms with Gasteiger partial charge in [0.1, 0.15) is 0 Å². The van der Waals surface area contributed by atoms with Crippen molar-refractivity contribution < 1.29 is 0 Å². The SMILES string of the molecule is CC1(C)c2cc3c(cc2-c2ccc4ccccc4c21)c1ccccc1n3-c1ccc(-c2cc(-c3ccccc3)cc(-c3ccccc3)c2)cc1. The Bertz CT molecular complexity index is 2690. The molecule has 1 nitrogen and oxygen atoms in total. The molecule has 1 aliphatic carbocycles. The van der Waals surface area contributed by atoms with Crippen molar-refractivity contribution in [3.63, 3.8) is 0 Å². The third-order valence-corrected chi connectivity index (χ3v) is 10.9. The zero-order valence-electron chi connectivity index (χ0n) is 28.2. The van der Waals surface area contributed by atoms with E-state index in [1.165, 1.54) is 93.9 Å². The number of benzene rings is 8. The first kappa shape index (κ1) is 28.8. The number of para-hydroxylation sites is 1. The summed E-state index contributed by atoms with van der Waals surface area (Å²) in [7, 11) is 0. The van der Waals surface area contributed by atoms with Gasteiger partial charge in [0.15, 0.2) is 0 Å². The minimum Gasteiger partial charge on any atom is -0.309 e. The van der Waals surface area contributed by atoms with Crippen molar-refractivity contribution in [2.45, 2.75) is 19.3 Å². The fourth-order valence-electron chi connectivity index (χ4n) is 8.53. The van der Waals surface area contributed by atoms with Crippen LogP contribution in [0, 0.1) is 0 Å². The Morgan fingerprint density at radius 1 is 0.380 bits per heavy atom. The molecule has 0 unspecified atom stereocenters. The molecule has 1 aromatic heterocycles. The van der Waals surface area contributed by atoms with E-state index in [0.717, 1.165) is 0 Å². The third kappa shape index (κ3) is 4.33. The lowest BCUT2D eigenvalue weighted by molar-refractivity contribution is 0.667. The van der Waals surface area contributed by atoms with Crippen LogP contribution in [0.4, 0.5) is 0 Å². The van der Waals surface area contributed by atoms with Crippen LogP contribution in [-0.2, 0) is 5.41 Å². The van der Waals surface area contributed by atoms with Gasteiger partial charge in [0.25, 0.3) is 0 Å². The first-order chi connectivity index (χ1) is 24.5. The van der Waals surface area contributed by atoms with E-state index in [0.29, 0.717) is 0 Å². The fourth-order valence-corrected chi connectivity index (χ4v) is 8.53. The highest BCUT2D eigenvalue weighted by molar-refractivity contribution is 6.12. The Balaban J connectivity index is 1.13. The van der Waals surface area contributed by atoms with E-state index in [1.54, 1.807) is 0 Å². The van der Waals surface area contributed by atoms with E-state index in [2.05, 4.69) is 194 Å². The Morgan fingerprint density at radius 2 is 0.940 bits per heavy atom. The average Bonchev–Trinajstić information content (AvgIpc) is 3.62. The molecule has 0 saturated heterocycles. The second-order valence-electron chi connectivity index (χ2n) is 14.2. The quantitative estimate of drug-likeness (QED) is 0.181. The topological polar surface area (TPSA) is 4.93 Å². The summed E-state index contributed by atoms with van der Waals surface area (Å²) in [5.41, 5.74) is 16.4. The fraction of sp³-hybridized carbons (Fsp3) is 0.0612. The van der Waals surface area contributed by atoms with Crippen LogP contribution in [0.2, 0.25) is 0 Å². The zero-order valence-corrected chi connectivity index (χ0v) is 28.2. The van der Waals surface area contributed by atoms with E-state index >= 15 is 0 Å². The van der Waals surface area contributed by atoms with Crippen LogP contribution in [-0.4, -0.2) is 4.57 Å². The summed E-state index contributed by atoms with van der Waals surface area (Å²) in [6.07, 6.45) is 0. The number of hydrogen-bond donors (Lipinski definition) is 0. The van der Waals surface area contributed by atoms with Crippen LogP contribution in [0.3, 0.4) is 0 Å². The molecule has 1 heterocycles. The van der Waals surface area contributed by atoms with Gasteiger partial charge in [-0.2, -0.15) is 0 Å². The lowest BCUT2D eigenvalue weighted by Crippen LogP contribution is -2.15. The van der Waals surface area contributed by atoms with Crippen molar-refractivity contribution in [1.82, 2.24) is 4.57 Å². The maximum Gasteiger partial charge on any atom is 0.0544 e. The summed E-state index contributed by atoms with van der Waals surface area (Å²) in [5.74, 6) is 0. The van der Waals surface area contributed by atoms with Gasteiger partial charge in [-0.25, -0.2) is 0 Å². The molecule has 0 fully saturated rings. The van der Waals surface area contributed by atoms with Gasteiger partial charge >= 0.3 is 0 Å². The highest BCUT2D eigenvalue weighted by Crippen LogP contribution is 2.53. The lowest BCUT2D eigenvalue weighted by Gasteiger charge is -2.23. The van der Waals surface area contributed by atoms with Crippen LogP contribution in [0.15, 0.2) is 176 Å². The predicted molar refractivity (Wildman–Crippen MR) is 212 cm³/mol. The van der Waals surface area contributed by atoms with Crippen LogP contribution < -0.4 is 0 Å². The van der Waals surface area contributed by atoms with E-state index in [-0.39, 0.29) is 5.41 Å². The van der Waals surface area contributed by atoms with Gasteiger partial charge in [-0.15, -0.1) is 0 Å². The predicted octanol–water partition coefficient (Wildman–Crippen LogP) is 13.2. The number of aromatic nitrogens is 1. The maximum absolute atomic E-state index is 2.48. The van der Waals surface area contributed by atoms with Gasteiger partial charge in [-0.05, 0) is 115 Å². The molecule has 236 valence electrons. The second kappa shape index (κ2) is 10.9. The smallest absolute Gasteiger partial charge is 0.0544 e. The van der Waals surface area contributed by atoms with Gasteiger partial charge in [-0.1, -0.05) is 141 Å². The molecule has 8 aromatic carbocycles. The summed E-state index contributed by atoms with van der Waals surface area (Å²) >= 11 is 0. The molecule has 0 bridgehead atoms. The molecular formula is C49H35N. The number of hydrogen-bond acceptors (Lipinski definition) is 0. The summed E-state index contributed by atoms with van der Waals surface area (Å²) in [6.45, 7) is 4.79. The van der Waals surface area contributed by atoms with Crippen molar-refractivity contribution in [2.75, 3.05) is 0 Å². The van der Waals surface area contributed by atoms with Gasteiger partial charge in [0.2, 0.25) is 0 Å². The Kier molecular flexibility index (Phi) is 6.29. The second-order valence-corrected chi connectivity index (χ2v) is 14.2. The standard InChI is InChI=1S/C49H35N/c1-49(2)45-31-47-44(30-43(45)42-26-23-35-17-9-10-18-40(35)48(42)49)41-19-11-12-20-46(41)50(47)39-24-21-34(22-25-39)38-28-36(32-13-5-3-6-14-32)27-37(29-38)33-15-7-4-8-16-33/h3-31H,1-2H3. The summed E-state index contributed by atoms with van der Waals surface area (Å²) in [5, 5.41) is 5.23. The monoisotopic (exact) mass is 637 g/mol. The molecule has 0 radical (unpaired) electrons. The van der Waals surface area contributed by atoms with Crippen LogP contribution in [0.25, 0.3) is 82.8 Å². The van der Waals surface area contributed by atoms with Gasteiger partial charge < -0.3 is 4.57 Å². The van der Waals surface area contributed by atoms with Gasteiger partial charge in [0.05, 0.1) is 11.0 Å². The molecule has 50 heavy (non-hydrogen) atoms. The molecule has 0 aliphatic heterocycles. The van der Waals surface area contributed by atoms with E-state index in [9.17, 15) is 0 Å². The minimum atomic E-state index is -0.120. The van der Waals surface area contributed by atoms with E-state index in [1.807, 2.05) is 0 Å². The van der Waals surface area contributed by atoms with Crippen LogP contribution in [0.1, 0.15) is 25.0 Å². The van der Waals surface area contributed by atoms with Crippen LogP contribution >= 0.6 is 0 Å². The molecule has 9 aromatic rings. The van der Waals surface area contributed by atoms with E-state index in [4.69, 9.17) is 0 Å². The molecule has 0 amide bonds. The normalized spacial score (nSPS) is 13.2. The van der Waals surface area contributed by atoms with Crippen molar-refractivity contribution in [3.05, 3.63) is 187 Å². The Morgan fingerprint density at radius 3 is 1.60 bits per heavy atom. The molecule has 0 atom stereocenters. The zero-order chi connectivity index (χ0) is 33.4. The van der Waals surface area contributed by atoms with Gasteiger partial charge in [0, 0.05) is 21.9 Å². The van der Waals surface area contributed by atoms with Crippen molar-refractivity contribution in [2.24, 2.45) is 0 Å². The highest BCUT2D eigenvalue weighted by Gasteiger charge is 2.37. The Hall–Kier alpha value is -6.18. The number of fused-ring (bicyclic) bond motifs is 8. The summed E-state index contributed by atoms with van der Waals surface area (Å²) in [6, 6.07) is 64.7. The minimum absolute atomic E-state index is 0.120. The van der Waals surface area contributed by atoms with Gasteiger partial charge in [-0.3, -0.25) is 0 Å². The average molecular weight is 638 g/mol. The summed E-state index contributed by atoms with van der Waals surface area (Å²) in [4.78, 5) is 0. The number of nitrogens with zero attached hydrogens (tertiary/aromatic N) is 1. The lowest BCUT2D eigenvalue weighted by atomic mass is 9.80.